The van der Waals surface area contributed by atoms with Gasteiger partial charge in [0.15, 0.2) is 8.32 Å². The van der Waals surface area contributed by atoms with E-state index in [-0.39, 0.29) is 22.8 Å². The second-order valence-electron chi connectivity index (χ2n) is 7.32. The Morgan fingerprint density at radius 3 is 2.06 bits per heavy atom. The van der Waals surface area contributed by atoms with Gasteiger partial charge in [0, 0.05) is 12.8 Å². The molecule has 0 radical (unpaired) electrons. The first-order valence-corrected chi connectivity index (χ1v) is 9.56. The van der Waals surface area contributed by atoms with Gasteiger partial charge in [0.1, 0.15) is 0 Å². The van der Waals surface area contributed by atoms with Gasteiger partial charge in [-0.25, -0.2) is 0 Å². The second-order valence-corrected chi connectivity index (χ2v) is 12.0. The van der Waals surface area contributed by atoms with Crippen molar-refractivity contribution in [3.63, 3.8) is 0 Å². The van der Waals surface area contributed by atoms with Crippen molar-refractivity contribution < 1.29 is 9.16 Å². The normalized spacial score (nSPS) is 37.5. The SMILES string of the molecule is CC1(O[Si](C)(C)C(C)(C)C)C[C@H]2C=C[C@@H](C1)O2. The number of rotatable bonds is 2. The van der Waals surface area contributed by atoms with Crippen molar-refractivity contribution >= 4 is 8.32 Å². The Bertz CT molecular complexity index is 314. The maximum absolute atomic E-state index is 6.63. The van der Waals surface area contributed by atoms with Gasteiger partial charge >= 0.3 is 0 Å². The molecule has 0 saturated carbocycles. The predicted molar refractivity (Wildman–Crippen MR) is 73.7 cm³/mol. The van der Waals surface area contributed by atoms with E-state index in [9.17, 15) is 0 Å². The Morgan fingerprint density at radius 1 is 1.18 bits per heavy atom. The van der Waals surface area contributed by atoms with Gasteiger partial charge in [-0.05, 0) is 25.1 Å². The van der Waals surface area contributed by atoms with Crippen LogP contribution in [-0.4, -0.2) is 26.1 Å². The minimum absolute atomic E-state index is 0.0000849. The molecule has 1 saturated heterocycles. The van der Waals surface area contributed by atoms with Gasteiger partial charge in [-0.3, -0.25) is 0 Å². The fourth-order valence-electron chi connectivity index (χ4n) is 2.58. The molecule has 17 heavy (non-hydrogen) atoms. The molecule has 2 aliphatic heterocycles. The molecule has 2 rings (SSSR count). The van der Waals surface area contributed by atoms with Crippen molar-refractivity contribution in [3.8, 4) is 0 Å². The van der Waals surface area contributed by atoms with E-state index in [1.54, 1.807) is 0 Å². The van der Waals surface area contributed by atoms with Crippen molar-refractivity contribution in [2.75, 3.05) is 0 Å². The van der Waals surface area contributed by atoms with E-state index in [0.717, 1.165) is 12.8 Å². The first-order valence-electron chi connectivity index (χ1n) is 6.65. The van der Waals surface area contributed by atoms with Crippen LogP contribution in [0.3, 0.4) is 0 Å². The largest absolute Gasteiger partial charge is 0.411 e. The molecule has 0 aromatic carbocycles. The van der Waals surface area contributed by atoms with Gasteiger partial charge < -0.3 is 9.16 Å². The van der Waals surface area contributed by atoms with Gasteiger partial charge in [-0.15, -0.1) is 0 Å². The van der Waals surface area contributed by atoms with Gasteiger partial charge in [-0.2, -0.15) is 0 Å². The number of hydrogen-bond acceptors (Lipinski definition) is 2. The van der Waals surface area contributed by atoms with Crippen LogP contribution in [0.2, 0.25) is 18.1 Å². The lowest BCUT2D eigenvalue weighted by Gasteiger charge is -2.47. The zero-order chi connectivity index (χ0) is 12.9. The summed E-state index contributed by atoms with van der Waals surface area (Å²) in [5, 5.41) is 0.279. The quantitative estimate of drug-likeness (QED) is 0.550. The van der Waals surface area contributed by atoms with Crippen LogP contribution in [0.15, 0.2) is 12.2 Å². The summed E-state index contributed by atoms with van der Waals surface area (Å²) in [4.78, 5) is 0. The zero-order valence-corrected chi connectivity index (χ0v) is 13.0. The summed E-state index contributed by atoms with van der Waals surface area (Å²) in [7, 11) is -1.68. The highest BCUT2D eigenvalue weighted by molar-refractivity contribution is 6.74. The van der Waals surface area contributed by atoms with E-state index < -0.39 is 8.32 Å². The molecule has 3 atom stereocenters. The summed E-state index contributed by atoms with van der Waals surface area (Å²) in [5.41, 5.74) is 0.0000849. The van der Waals surface area contributed by atoms with Crippen LogP contribution in [0.4, 0.5) is 0 Å². The molecule has 1 unspecified atom stereocenters. The van der Waals surface area contributed by atoms with Gasteiger partial charge in [0.2, 0.25) is 0 Å². The van der Waals surface area contributed by atoms with Crippen LogP contribution in [0, 0.1) is 0 Å². The highest BCUT2D eigenvalue weighted by Gasteiger charge is 2.47. The summed E-state index contributed by atoms with van der Waals surface area (Å²) in [6.07, 6.45) is 6.97. The average molecular weight is 254 g/mol. The Morgan fingerprint density at radius 2 is 1.65 bits per heavy atom. The Labute approximate surface area is 107 Å². The zero-order valence-electron chi connectivity index (χ0n) is 12.0. The summed E-state index contributed by atoms with van der Waals surface area (Å²) in [5.74, 6) is 0. The van der Waals surface area contributed by atoms with Crippen LogP contribution < -0.4 is 0 Å². The van der Waals surface area contributed by atoms with Gasteiger partial charge in [0.05, 0.1) is 17.8 Å². The summed E-state index contributed by atoms with van der Waals surface area (Å²) >= 11 is 0. The van der Waals surface area contributed by atoms with Crippen LogP contribution in [0.1, 0.15) is 40.5 Å². The first-order chi connectivity index (χ1) is 7.61. The highest BCUT2D eigenvalue weighted by Crippen LogP contribution is 2.44. The van der Waals surface area contributed by atoms with Crippen molar-refractivity contribution in [2.24, 2.45) is 0 Å². The van der Waals surface area contributed by atoms with E-state index in [0.29, 0.717) is 0 Å². The minimum Gasteiger partial charge on any atom is -0.411 e. The molecule has 3 heteroatoms. The van der Waals surface area contributed by atoms with Gasteiger partial charge in [0.25, 0.3) is 0 Å². The molecule has 98 valence electrons. The average Bonchev–Trinajstić information content (AvgIpc) is 2.42. The maximum atomic E-state index is 6.63. The van der Waals surface area contributed by atoms with Gasteiger partial charge in [-0.1, -0.05) is 32.9 Å². The molecule has 2 heterocycles. The Hall–Kier alpha value is -0.123. The number of ether oxygens (including phenoxy) is 1. The second kappa shape index (κ2) is 3.94. The third-order valence-corrected chi connectivity index (χ3v) is 9.08. The van der Waals surface area contributed by atoms with E-state index in [1.807, 2.05) is 0 Å². The van der Waals surface area contributed by atoms with Crippen LogP contribution in [0.5, 0.6) is 0 Å². The van der Waals surface area contributed by atoms with Crippen LogP contribution in [0.25, 0.3) is 0 Å². The van der Waals surface area contributed by atoms with Crippen molar-refractivity contribution in [1.82, 2.24) is 0 Å². The molecular formula is C14H26O2Si. The highest BCUT2D eigenvalue weighted by atomic mass is 28.4. The minimum atomic E-state index is -1.68. The summed E-state index contributed by atoms with van der Waals surface area (Å²) in [6.45, 7) is 13.8. The predicted octanol–water partition coefficient (Wildman–Crippen LogP) is 3.88. The third kappa shape index (κ3) is 2.66. The molecule has 0 aromatic rings. The van der Waals surface area contributed by atoms with Crippen molar-refractivity contribution in [3.05, 3.63) is 12.2 Å². The topological polar surface area (TPSA) is 18.5 Å². The molecule has 0 N–H and O–H groups in total. The maximum Gasteiger partial charge on any atom is 0.192 e. The smallest absolute Gasteiger partial charge is 0.192 e. The molecule has 0 aliphatic carbocycles. The molecule has 1 fully saturated rings. The molecule has 2 aliphatic rings. The standard InChI is InChI=1S/C14H26O2Si/c1-13(2,3)17(5,6)16-14(4)9-11-7-8-12(10-14)15-11/h7-8,11-12H,9-10H2,1-6H3/t11-,12+,14?. The summed E-state index contributed by atoms with van der Waals surface area (Å²) < 4.78 is 12.4. The Kier molecular flexibility index (Phi) is 3.08. The third-order valence-electron chi connectivity index (χ3n) is 4.46. The Balaban J connectivity index is 2.09. The van der Waals surface area contributed by atoms with E-state index in [1.165, 1.54) is 0 Å². The molecule has 2 nitrogen and oxygen atoms in total. The fraction of sp³-hybridized carbons (Fsp3) is 0.857. The van der Waals surface area contributed by atoms with Crippen molar-refractivity contribution in [2.45, 2.75) is 76.5 Å². The lowest BCUT2D eigenvalue weighted by atomic mass is 9.92. The lowest BCUT2D eigenvalue weighted by Crippen LogP contribution is -2.52. The molecule has 2 bridgehead atoms. The molecular weight excluding hydrogens is 228 g/mol. The molecule has 0 aromatic heterocycles. The molecule has 0 amide bonds. The number of hydrogen-bond donors (Lipinski definition) is 0. The summed E-state index contributed by atoms with van der Waals surface area (Å²) in [6, 6.07) is 0. The van der Waals surface area contributed by atoms with Crippen LogP contribution >= 0.6 is 0 Å². The van der Waals surface area contributed by atoms with E-state index in [2.05, 4.69) is 52.9 Å². The van der Waals surface area contributed by atoms with E-state index in [4.69, 9.17) is 9.16 Å². The number of fused-ring (bicyclic) bond motifs is 2. The monoisotopic (exact) mass is 254 g/mol. The fourth-order valence-corrected chi connectivity index (χ4v) is 4.29. The van der Waals surface area contributed by atoms with E-state index >= 15 is 0 Å². The van der Waals surface area contributed by atoms with Crippen LogP contribution in [-0.2, 0) is 9.16 Å². The lowest BCUT2D eigenvalue weighted by molar-refractivity contribution is -0.0850. The van der Waals surface area contributed by atoms with Crippen molar-refractivity contribution in [1.29, 1.82) is 0 Å². The molecule has 0 spiro atoms. The first kappa shape index (κ1) is 13.3.